The maximum atomic E-state index is 12.3. The van der Waals surface area contributed by atoms with Crippen molar-refractivity contribution in [3.63, 3.8) is 0 Å². The van der Waals surface area contributed by atoms with Gasteiger partial charge in [-0.05, 0) is 48.2 Å². The molecule has 0 bridgehead atoms. The molecule has 0 atom stereocenters. The molecule has 0 fully saturated rings. The molecule has 0 aliphatic carbocycles. The van der Waals surface area contributed by atoms with Crippen LogP contribution in [0.2, 0.25) is 0 Å². The molecule has 0 aromatic heterocycles. The number of hydrogen-bond donors (Lipinski definition) is 0. The van der Waals surface area contributed by atoms with Crippen molar-refractivity contribution in [1.29, 1.82) is 0 Å². The quantitative estimate of drug-likeness (QED) is 0.575. The van der Waals surface area contributed by atoms with Gasteiger partial charge in [0.2, 0.25) is 0 Å². The molecule has 0 aliphatic heterocycles. The van der Waals surface area contributed by atoms with Crippen molar-refractivity contribution in [2.24, 2.45) is 0 Å². The summed E-state index contributed by atoms with van der Waals surface area (Å²) in [5, 5.41) is 0. The van der Waals surface area contributed by atoms with E-state index in [-0.39, 0.29) is 11.9 Å². The van der Waals surface area contributed by atoms with Crippen molar-refractivity contribution in [3.8, 4) is 5.75 Å². The number of carbonyl (C=O) groups is 2. The Balaban J connectivity index is 2.10. The van der Waals surface area contributed by atoms with Crippen LogP contribution in [0.1, 0.15) is 59.4 Å². The van der Waals surface area contributed by atoms with Gasteiger partial charge in [0.05, 0.1) is 17.7 Å². The number of esters is 2. The molecule has 2 aromatic rings. The SMILES string of the molecule is CCCOC(=O)c1ccc(C(=O)Oc2ccccc2C(C)C)cc1. The van der Waals surface area contributed by atoms with Gasteiger partial charge in [-0.15, -0.1) is 0 Å². The Kier molecular flexibility index (Phi) is 6.13. The molecular formula is C20H22O4. The molecule has 2 rings (SSSR count). The summed E-state index contributed by atoms with van der Waals surface area (Å²) in [5.74, 6) is -0.0212. The van der Waals surface area contributed by atoms with Crippen molar-refractivity contribution in [2.45, 2.75) is 33.1 Å². The normalized spacial score (nSPS) is 10.5. The van der Waals surface area contributed by atoms with Crippen LogP contribution in [-0.2, 0) is 4.74 Å². The predicted octanol–water partition coefficient (Wildman–Crippen LogP) is 4.60. The van der Waals surface area contributed by atoms with E-state index >= 15 is 0 Å². The van der Waals surface area contributed by atoms with Crippen LogP contribution in [0.4, 0.5) is 0 Å². The number of carbonyl (C=O) groups excluding carboxylic acids is 2. The highest BCUT2D eigenvalue weighted by atomic mass is 16.5. The topological polar surface area (TPSA) is 52.6 Å². The molecule has 126 valence electrons. The number of hydrogen-bond acceptors (Lipinski definition) is 4. The second kappa shape index (κ2) is 8.29. The average Bonchev–Trinajstić information content (AvgIpc) is 2.60. The molecule has 0 spiro atoms. The molecule has 0 saturated heterocycles. The minimum atomic E-state index is -0.448. The van der Waals surface area contributed by atoms with Crippen LogP contribution >= 0.6 is 0 Å². The third-order valence-corrected chi connectivity index (χ3v) is 3.54. The molecule has 24 heavy (non-hydrogen) atoms. The lowest BCUT2D eigenvalue weighted by atomic mass is 10.0. The Bertz CT molecular complexity index is 702. The highest BCUT2D eigenvalue weighted by Crippen LogP contribution is 2.26. The van der Waals surface area contributed by atoms with Gasteiger partial charge >= 0.3 is 11.9 Å². The summed E-state index contributed by atoms with van der Waals surface area (Å²) < 4.78 is 10.6. The molecule has 0 radical (unpaired) electrons. The molecule has 0 saturated carbocycles. The van der Waals surface area contributed by atoms with E-state index in [1.54, 1.807) is 30.3 Å². The first-order chi connectivity index (χ1) is 11.5. The Morgan fingerprint density at radius 1 is 0.917 bits per heavy atom. The Hall–Kier alpha value is -2.62. The Labute approximate surface area is 142 Å². The smallest absolute Gasteiger partial charge is 0.343 e. The number of para-hydroxylation sites is 1. The lowest BCUT2D eigenvalue weighted by Crippen LogP contribution is -2.11. The van der Waals surface area contributed by atoms with Crippen LogP contribution in [0.25, 0.3) is 0 Å². The average molecular weight is 326 g/mol. The number of benzene rings is 2. The predicted molar refractivity (Wildman–Crippen MR) is 92.5 cm³/mol. The summed E-state index contributed by atoms with van der Waals surface area (Å²) in [5.41, 5.74) is 1.79. The summed E-state index contributed by atoms with van der Waals surface area (Å²) >= 11 is 0. The minimum Gasteiger partial charge on any atom is -0.462 e. The summed E-state index contributed by atoms with van der Waals surface area (Å²) in [4.78, 5) is 24.1. The lowest BCUT2D eigenvalue weighted by molar-refractivity contribution is 0.0504. The first-order valence-electron chi connectivity index (χ1n) is 8.11. The van der Waals surface area contributed by atoms with E-state index in [0.29, 0.717) is 23.5 Å². The van der Waals surface area contributed by atoms with E-state index in [9.17, 15) is 9.59 Å². The van der Waals surface area contributed by atoms with E-state index < -0.39 is 5.97 Å². The highest BCUT2D eigenvalue weighted by molar-refractivity contribution is 5.94. The van der Waals surface area contributed by atoms with Gasteiger partial charge in [-0.2, -0.15) is 0 Å². The maximum Gasteiger partial charge on any atom is 0.343 e. The summed E-state index contributed by atoms with van der Waals surface area (Å²) in [6.45, 7) is 6.41. The van der Waals surface area contributed by atoms with E-state index in [1.165, 1.54) is 0 Å². The van der Waals surface area contributed by atoms with Crippen LogP contribution in [-0.4, -0.2) is 18.5 Å². The lowest BCUT2D eigenvalue weighted by Gasteiger charge is -2.12. The fourth-order valence-corrected chi connectivity index (χ4v) is 2.23. The van der Waals surface area contributed by atoms with Gasteiger partial charge in [-0.1, -0.05) is 39.0 Å². The number of ether oxygens (including phenoxy) is 2. The zero-order valence-corrected chi connectivity index (χ0v) is 14.2. The van der Waals surface area contributed by atoms with Crippen LogP contribution in [0, 0.1) is 0 Å². The van der Waals surface area contributed by atoms with E-state index in [1.807, 2.05) is 39.0 Å². The Morgan fingerprint density at radius 2 is 1.50 bits per heavy atom. The fourth-order valence-electron chi connectivity index (χ4n) is 2.23. The molecule has 0 unspecified atom stereocenters. The largest absolute Gasteiger partial charge is 0.462 e. The molecule has 4 heteroatoms. The molecule has 4 nitrogen and oxygen atoms in total. The number of rotatable bonds is 6. The van der Waals surface area contributed by atoms with Crippen LogP contribution < -0.4 is 4.74 Å². The van der Waals surface area contributed by atoms with Gasteiger partial charge in [0.1, 0.15) is 5.75 Å². The second-order valence-electron chi connectivity index (χ2n) is 5.80. The first kappa shape index (κ1) is 17.7. The van der Waals surface area contributed by atoms with Gasteiger partial charge in [0.15, 0.2) is 0 Å². The van der Waals surface area contributed by atoms with Gasteiger partial charge in [-0.3, -0.25) is 0 Å². The molecule has 2 aromatic carbocycles. The molecule has 0 amide bonds. The highest BCUT2D eigenvalue weighted by Gasteiger charge is 2.14. The van der Waals surface area contributed by atoms with Crippen LogP contribution in [0.5, 0.6) is 5.75 Å². The van der Waals surface area contributed by atoms with Gasteiger partial charge in [0, 0.05) is 0 Å². The Morgan fingerprint density at radius 3 is 2.08 bits per heavy atom. The molecule has 0 heterocycles. The standard InChI is InChI=1S/C20H22O4/c1-4-13-23-19(21)15-9-11-16(12-10-15)20(22)24-18-8-6-5-7-17(18)14(2)3/h5-12,14H,4,13H2,1-3H3. The zero-order valence-electron chi connectivity index (χ0n) is 14.2. The van der Waals surface area contributed by atoms with Crippen molar-refractivity contribution >= 4 is 11.9 Å². The molecule has 0 N–H and O–H groups in total. The molecule has 0 aliphatic rings. The maximum absolute atomic E-state index is 12.3. The van der Waals surface area contributed by atoms with E-state index in [4.69, 9.17) is 9.47 Å². The monoisotopic (exact) mass is 326 g/mol. The van der Waals surface area contributed by atoms with Gasteiger partial charge < -0.3 is 9.47 Å². The third kappa shape index (κ3) is 4.44. The van der Waals surface area contributed by atoms with Crippen LogP contribution in [0.3, 0.4) is 0 Å². The zero-order chi connectivity index (χ0) is 17.5. The van der Waals surface area contributed by atoms with Crippen molar-refractivity contribution < 1.29 is 19.1 Å². The van der Waals surface area contributed by atoms with Crippen molar-refractivity contribution in [1.82, 2.24) is 0 Å². The van der Waals surface area contributed by atoms with E-state index in [0.717, 1.165) is 12.0 Å². The summed E-state index contributed by atoms with van der Waals surface area (Å²) in [6, 6.07) is 13.8. The van der Waals surface area contributed by atoms with Crippen LogP contribution in [0.15, 0.2) is 48.5 Å². The first-order valence-corrected chi connectivity index (χ1v) is 8.11. The van der Waals surface area contributed by atoms with Gasteiger partial charge in [0.25, 0.3) is 0 Å². The van der Waals surface area contributed by atoms with Gasteiger partial charge in [-0.25, -0.2) is 9.59 Å². The third-order valence-electron chi connectivity index (χ3n) is 3.54. The second-order valence-corrected chi connectivity index (χ2v) is 5.80. The minimum absolute atomic E-state index is 0.254. The summed E-state index contributed by atoms with van der Waals surface area (Å²) in [7, 11) is 0. The molecular weight excluding hydrogens is 304 g/mol. The van der Waals surface area contributed by atoms with Crippen molar-refractivity contribution in [3.05, 3.63) is 65.2 Å². The fraction of sp³-hybridized carbons (Fsp3) is 0.300. The van der Waals surface area contributed by atoms with E-state index in [2.05, 4.69) is 0 Å². The summed E-state index contributed by atoms with van der Waals surface area (Å²) in [6.07, 6.45) is 0.769. The van der Waals surface area contributed by atoms with Crippen molar-refractivity contribution in [2.75, 3.05) is 6.61 Å².